The Morgan fingerprint density at radius 3 is 2.76 bits per heavy atom. The molecule has 0 radical (unpaired) electrons. The van der Waals surface area contributed by atoms with Crippen molar-refractivity contribution in [3.05, 3.63) is 34.0 Å². The Hall–Kier alpha value is -0.940. The second-order valence-corrected chi connectivity index (χ2v) is 4.68. The highest BCUT2D eigenvalue weighted by Crippen LogP contribution is 2.32. The zero-order valence-corrected chi connectivity index (χ0v) is 11.1. The van der Waals surface area contributed by atoms with Gasteiger partial charge in [-0.25, -0.2) is 4.39 Å². The summed E-state index contributed by atoms with van der Waals surface area (Å²) in [7, 11) is 0. The fourth-order valence-electron chi connectivity index (χ4n) is 1.73. The molecule has 1 aromatic heterocycles. The highest BCUT2D eigenvalue weighted by molar-refractivity contribution is 9.10. The molecule has 0 amide bonds. The van der Waals surface area contributed by atoms with Crippen LogP contribution >= 0.6 is 15.9 Å². The lowest BCUT2D eigenvalue weighted by molar-refractivity contribution is 0.439. The van der Waals surface area contributed by atoms with E-state index in [9.17, 15) is 8.78 Å². The monoisotopic (exact) mass is 303 g/mol. The van der Waals surface area contributed by atoms with Gasteiger partial charge in [0, 0.05) is 9.86 Å². The molecule has 1 heterocycles. The van der Waals surface area contributed by atoms with Crippen LogP contribution in [0.2, 0.25) is 0 Å². The van der Waals surface area contributed by atoms with Crippen LogP contribution in [0.15, 0.2) is 21.0 Å². The molecule has 0 saturated carbocycles. The number of rotatable bonds is 3. The first-order valence-corrected chi connectivity index (χ1v) is 6.14. The fourth-order valence-corrected chi connectivity index (χ4v) is 2.23. The number of hydrogen-bond donors (Lipinski definition) is 1. The summed E-state index contributed by atoms with van der Waals surface area (Å²) in [6.07, 6.45) is 0. The third-order valence-corrected chi connectivity index (χ3v) is 3.26. The molecular weight excluding hydrogens is 292 g/mol. The Morgan fingerprint density at radius 2 is 2.12 bits per heavy atom. The van der Waals surface area contributed by atoms with Crippen LogP contribution in [0.25, 0.3) is 11.0 Å². The molecule has 2 aromatic rings. The molecule has 1 aromatic carbocycles. The summed E-state index contributed by atoms with van der Waals surface area (Å²) < 4.78 is 32.6. The van der Waals surface area contributed by atoms with Crippen molar-refractivity contribution >= 4 is 26.9 Å². The van der Waals surface area contributed by atoms with Gasteiger partial charge in [-0.05, 0) is 41.5 Å². The Balaban J connectivity index is 2.57. The molecule has 0 aliphatic carbocycles. The van der Waals surface area contributed by atoms with Gasteiger partial charge in [0.15, 0.2) is 11.4 Å². The lowest BCUT2D eigenvalue weighted by Gasteiger charge is -2.07. The average molecular weight is 304 g/mol. The minimum atomic E-state index is -0.946. The number of furan rings is 1. The van der Waals surface area contributed by atoms with Crippen molar-refractivity contribution < 1.29 is 13.2 Å². The van der Waals surface area contributed by atoms with Gasteiger partial charge in [0.05, 0.1) is 6.04 Å². The molecule has 1 unspecified atom stereocenters. The van der Waals surface area contributed by atoms with E-state index in [2.05, 4.69) is 21.2 Å². The number of benzene rings is 1. The quantitative estimate of drug-likeness (QED) is 0.862. The number of nitrogens with one attached hydrogen (secondary N) is 1. The molecule has 2 nitrogen and oxygen atoms in total. The summed E-state index contributed by atoms with van der Waals surface area (Å²) in [5, 5.41) is 3.70. The highest BCUT2D eigenvalue weighted by atomic mass is 79.9. The first-order valence-electron chi connectivity index (χ1n) is 5.35. The van der Waals surface area contributed by atoms with Crippen LogP contribution in [-0.2, 0) is 0 Å². The van der Waals surface area contributed by atoms with Crippen LogP contribution < -0.4 is 5.32 Å². The first kappa shape index (κ1) is 12.5. The Bertz CT molecular complexity index is 553. The largest absolute Gasteiger partial charge is 0.456 e. The van der Waals surface area contributed by atoms with Crippen LogP contribution in [0.4, 0.5) is 8.78 Å². The summed E-state index contributed by atoms with van der Waals surface area (Å²) in [6, 6.07) is 2.78. The molecule has 1 N–H and O–H groups in total. The van der Waals surface area contributed by atoms with Gasteiger partial charge in [-0.15, -0.1) is 0 Å². The Labute approximate surface area is 106 Å². The maximum atomic E-state index is 13.5. The van der Waals surface area contributed by atoms with Crippen molar-refractivity contribution in [2.45, 2.75) is 19.9 Å². The summed E-state index contributed by atoms with van der Waals surface area (Å²) in [6.45, 7) is 4.65. The van der Waals surface area contributed by atoms with Crippen LogP contribution in [0, 0.1) is 11.6 Å². The zero-order chi connectivity index (χ0) is 12.6. The van der Waals surface area contributed by atoms with Crippen LogP contribution in [-0.4, -0.2) is 6.54 Å². The van der Waals surface area contributed by atoms with E-state index in [1.165, 1.54) is 0 Å². The van der Waals surface area contributed by atoms with Gasteiger partial charge in [-0.1, -0.05) is 6.92 Å². The van der Waals surface area contributed by atoms with Gasteiger partial charge in [0.1, 0.15) is 5.76 Å². The lowest BCUT2D eigenvalue weighted by Crippen LogP contribution is -2.16. The standard InChI is InChI=1S/C12H12BrF2NO/c1-3-16-6(2)10-4-7-8(13)5-9(14)11(15)12(7)17-10/h4-6,16H,3H2,1-2H3. The van der Waals surface area contributed by atoms with E-state index >= 15 is 0 Å². The molecule has 17 heavy (non-hydrogen) atoms. The molecule has 2 rings (SSSR count). The van der Waals surface area contributed by atoms with Crippen molar-refractivity contribution in [1.82, 2.24) is 5.32 Å². The predicted octanol–water partition coefficient (Wildman–Crippen LogP) is 4.14. The zero-order valence-electron chi connectivity index (χ0n) is 9.48. The second-order valence-electron chi connectivity index (χ2n) is 3.83. The third-order valence-electron chi connectivity index (χ3n) is 2.61. The molecular formula is C12H12BrF2NO. The van der Waals surface area contributed by atoms with E-state index in [-0.39, 0.29) is 11.6 Å². The normalized spacial score (nSPS) is 13.2. The van der Waals surface area contributed by atoms with E-state index in [0.717, 1.165) is 12.6 Å². The van der Waals surface area contributed by atoms with E-state index in [1.54, 1.807) is 6.07 Å². The average Bonchev–Trinajstić information content (AvgIpc) is 2.72. The van der Waals surface area contributed by atoms with Gasteiger partial charge in [0.2, 0.25) is 5.82 Å². The maximum Gasteiger partial charge on any atom is 0.201 e. The van der Waals surface area contributed by atoms with Crippen molar-refractivity contribution in [3.63, 3.8) is 0 Å². The molecule has 0 aliphatic heterocycles. The maximum absolute atomic E-state index is 13.5. The van der Waals surface area contributed by atoms with Crippen molar-refractivity contribution in [1.29, 1.82) is 0 Å². The lowest BCUT2D eigenvalue weighted by atomic mass is 10.2. The summed E-state index contributed by atoms with van der Waals surface area (Å²) >= 11 is 3.20. The molecule has 0 fully saturated rings. The predicted molar refractivity (Wildman–Crippen MR) is 65.9 cm³/mol. The molecule has 1 atom stereocenters. The van der Waals surface area contributed by atoms with E-state index in [4.69, 9.17) is 4.42 Å². The molecule has 5 heteroatoms. The minimum Gasteiger partial charge on any atom is -0.456 e. The number of halogens is 3. The van der Waals surface area contributed by atoms with E-state index < -0.39 is 11.6 Å². The molecule has 0 spiro atoms. The molecule has 0 aliphatic rings. The highest BCUT2D eigenvalue weighted by Gasteiger charge is 2.18. The van der Waals surface area contributed by atoms with Gasteiger partial charge in [-0.2, -0.15) is 4.39 Å². The van der Waals surface area contributed by atoms with Crippen molar-refractivity contribution in [3.8, 4) is 0 Å². The van der Waals surface area contributed by atoms with Gasteiger partial charge >= 0.3 is 0 Å². The summed E-state index contributed by atoms with van der Waals surface area (Å²) in [5.74, 6) is -1.27. The summed E-state index contributed by atoms with van der Waals surface area (Å²) in [5.41, 5.74) is -0.0448. The van der Waals surface area contributed by atoms with Gasteiger partial charge in [0.25, 0.3) is 0 Å². The van der Waals surface area contributed by atoms with Crippen LogP contribution in [0.5, 0.6) is 0 Å². The molecule has 92 valence electrons. The Morgan fingerprint density at radius 1 is 1.41 bits per heavy atom. The number of fused-ring (bicyclic) bond motifs is 1. The van der Waals surface area contributed by atoms with E-state index in [1.807, 2.05) is 13.8 Å². The molecule has 0 bridgehead atoms. The smallest absolute Gasteiger partial charge is 0.201 e. The minimum absolute atomic E-state index is 0.0400. The summed E-state index contributed by atoms with van der Waals surface area (Å²) in [4.78, 5) is 0. The SMILES string of the molecule is CCNC(C)c1cc2c(Br)cc(F)c(F)c2o1. The van der Waals surface area contributed by atoms with Crippen molar-refractivity contribution in [2.75, 3.05) is 6.54 Å². The topological polar surface area (TPSA) is 25.2 Å². The van der Waals surface area contributed by atoms with Crippen LogP contribution in [0.1, 0.15) is 25.6 Å². The third kappa shape index (κ3) is 2.21. The van der Waals surface area contributed by atoms with Gasteiger partial charge < -0.3 is 9.73 Å². The first-order chi connectivity index (χ1) is 8.04. The van der Waals surface area contributed by atoms with E-state index in [0.29, 0.717) is 15.6 Å². The molecule has 0 saturated heterocycles. The fraction of sp³-hybridized carbons (Fsp3) is 0.333. The number of hydrogen-bond acceptors (Lipinski definition) is 2. The second kappa shape index (κ2) is 4.74. The Kier molecular flexibility index (Phi) is 3.49. The van der Waals surface area contributed by atoms with Crippen molar-refractivity contribution in [2.24, 2.45) is 0 Å². The van der Waals surface area contributed by atoms with Gasteiger partial charge in [-0.3, -0.25) is 0 Å². The van der Waals surface area contributed by atoms with Crippen LogP contribution in [0.3, 0.4) is 0 Å².